The van der Waals surface area contributed by atoms with Crippen molar-refractivity contribution in [1.82, 2.24) is 4.90 Å². The molecule has 1 aliphatic rings. The van der Waals surface area contributed by atoms with Crippen LogP contribution in [0.15, 0.2) is 24.3 Å². The van der Waals surface area contributed by atoms with Crippen LogP contribution in [-0.2, 0) is 4.79 Å². The lowest BCUT2D eigenvalue weighted by molar-refractivity contribution is -0.129. The summed E-state index contributed by atoms with van der Waals surface area (Å²) in [4.78, 5) is 13.8. The van der Waals surface area contributed by atoms with Crippen molar-refractivity contribution in [2.75, 3.05) is 19.0 Å². The van der Waals surface area contributed by atoms with E-state index in [4.69, 9.17) is 16.3 Å². The molecule has 0 radical (unpaired) electrons. The Kier molecular flexibility index (Phi) is 4.70. The van der Waals surface area contributed by atoms with E-state index in [-0.39, 0.29) is 17.9 Å². The van der Waals surface area contributed by atoms with E-state index in [9.17, 15) is 4.79 Å². The number of para-hydroxylation sites is 1. The first-order chi connectivity index (χ1) is 9.11. The molecule has 1 heterocycles. The number of alkyl halides is 1. The third-order valence-electron chi connectivity index (χ3n) is 3.56. The number of nitrogens with zero attached hydrogens (tertiary/aromatic N) is 1. The minimum atomic E-state index is 0.0836. The molecule has 1 aliphatic heterocycles. The van der Waals surface area contributed by atoms with E-state index in [1.54, 1.807) is 0 Å². The van der Waals surface area contributed by atoms with Crippen molar-refractivity contribution < 1.29 is 9.53 Å². The fourth-order valence-corrected chi connectivity index (χ4v) is 2.56. The van der Waals surface area contributed by atoms with Gasteiger partial charge in [0, 0.05) is 18.8 Å². The van der Waals surface area contributed by atoms with Crippen LogP contribution in [0.1, 0.15) is 18.9 Å². The molecule has 1 amide bonds. The Morgan fingerprint density at radius 2 is 2.21 bits per heavy atom. The highest BCUT2D eigenvalue weighted by atomic mass is 35.5. The number of carbonyl (C=O) groups excluding carboxylic acids is 1. The lowest BCUT2D eigenvalue weighted by Gasteiger charge is -2.25. The number of ether oxygens (including phenoxy) is 1. The van der Waals surface area contributed by atoms with Crippen molar-refractivity contribution in [1.29, 1.82) is 0 Å². The van der Waals surface area contributed by atoms with Gasteiger partial charge in [-0.15, -0.1) is 11.6 Å². The van der Waals surface area contributed by atoms with Gasteiger partial charge in [0.1, 0.15) is 12.4 Å². The molecule has 2 atom stereocenters. The summed E-state index contributed by atoms with van der Waals surface area (Å²) in [5, 5.41) is 0. The third kappa shape index (κ3) is 3.41. The Hall–Kier alpha value is -1.22. The van der Waals surface area contributed by atoms with Gasteiger partial charge >= 0.3 is 0 Å². The second-order valence-electron chi connectivity index (χ2n) is 5.20. The monoisotopic (exact) mass is 281 g/mol. The Morgan fingerprint density at radius 3 is 2.84 bits per heavy atom. The Morgan fingerprint density at radius 1 is 1.47 bits per heavy atom. The molecule has 4 heteroatoms. The van der Waals surface area contributed by atoms with Crippen LogP contribution in [-0.4, -0.2) is 35.9 Å². The predicted molar refractivity (Wildman–Crippen MR) is 76.7 cm³/mol. The van der Waals surface area contributed by atoms with Crippen LogP contribution in [0.3, 0.4) is 0 Å². The number of benzene rings is 1. The van der Waals surface area contributed by atoms with Crippen LogP contribution in [0, 0.1) is 12.8 Å². The van der Waals surface area contributed by atoms with Gasteiger partial charge in [0.2, 0.25) is 5.91 Å². The minimum Gasteiger partial charge on any atom is -0.491 e. The normalized spacial score (nSPS) is 20.7. The van der Waals surface area contributed by atoms with Gasteiger partial charge in [0.25, 0.3) is 0 Å². The summed E-state index contributed by atoms with van der Waals surface area (Å²) in [5.74, 6) is 1.91. The second kappa shape index (κ2) is 6.29. The Labute approximate surface area is 119 Å². The van der Waals surface area contributed by atoms with E-state index in [1.165, 1.54) is 0 Å². The molecule has 1 saturated heterocycles. The topological polar surface area (TPSA) is 29.5 Å². The summed E-state index contributed by atoms with van der Waals surface area (Å²) in [6, 6.07) is 8.00. The van der Waals surface area contributed by atoms with Gasteiger partial charge in [-0.05, 0) is 31.4 Å². The van der Waals surface area contributed by atoms with Crippen LogP contribution in [0.25, 0.3) is 0 Å². The number of hydrogen-bond donors (Lipinski definition) is 0. The molecular formula is C15H20ClNO2. The van der Waals surface area contributed by atoms with Crippen molar-refractivity contribution in [3.63, 3.8) is 0 Å². The smallest absolute Gasteiger partial charge is 0.223 e. The van der Waals surface area contributed by atoms with Gasteiger partial charge in [-0.3, -0.25) is 4.79 Å². The fraction of sp³-hybridized carbons (Fsp3) is 0.533. The van der Waals surface area contributed by atoms with Crippen molar-refractivity contribution in [2.24, 2.45) is 5.92 Å². The van der Waals surface area contributed by atoms with E-state index in [2.05, 4.69) is 0 Å². The molecule has 3 nitrogen and oxygen atoms in total. The number of amides is 1. The highest BCUT2D eigenvalue weighted by molar-refractivity contribution is 6.18. The Bertz CT molecular complexity index is 450. The highest BCUT2D eigenvalue weighted by Gasteiger charge is 2.32. The summed E-state index contributed by atoms with van der Waals surface area (Å²) < 4.78 is 5.80. The number of hydrogen-bond acceptors (Lipinski definition) is 2. The first kappa shape index (κ1) is 14.2. The zero-order valence-corrected chi connectivity index (χ0v) is 12.2. The number of aryl methyl sites for hydroxylation is 1. The Balaban J connectivity index is 1.90. The van der Waals surface area contributed by atoms with Crippen molar-refractivity contribution in [3.05, 3.63) is 29.8 Å². The molecule has 0 saturated carbocycles. The molecular weight excluding hydrogens is 262 g/mol. The number of carbonyl (C=O) groups is 1. The van der Waals surface area contributed by atoms with Gasteiger partial charge in [-0.25, -0.2) is 0 Å². The molecule has 0 aliphatic carbocycles. The lowest BCUT2D eigenvalue weighted by atomic mass is 10.1. The zero-order valence-electron chi connectivity index (χ0n) is 11.4. The molecule has 1 aromatic rings. The maximum Gasteiger partial charge on any atom is 0.223 e. The first-order valence-corrected chi connectivity index (χ1v) is 7.19. The first-order valence-electron chi connectivity index (χ1n) is 6.65. The third-order valence-corrected chi connectivity index (χ3v) is 4.00. The van der Waals surface area contributed by atoms with Crippen LogP contribution >= 0.6 is 11.6 Å². The van der Waals surface area contributed by atoms with Crippen molar-refractivity contribution in [2.45, 2.75) is 26.3 Å². The average molecular weight is 282 g/mol. The van der Waals surface area contributed by atoms with E-state index in [0.29, 0.717) is 18.9 Å². The van der Waals surface area contributed by atoms with Gasteiger partial charge in [0.15, 0.2) is 0 Å². The molecule has 104 valence electrons. The second-order valence-corrected chi connectivity index (χ2v) is 5.50. The molecule has 2 rings (SSSR count). The SMILES string of the molecule is Cc1ccccc1OCC(C)N1CC(CCl)CC1=O. The quantitative estimate of drug-likeness (QED) is 0.777. The fourth-order valence-electron chi connectivity index (χ4n) is 2.36. The standard InChI is InChI=1S/C15H20ClNO2/c1-11-5-3-4-6-14(11)19-10-12(2)17-9-13(8-16)7-15(17)18/h3-6,12-13H,7-10H2,1-2H3. The van der Waals surface area contributed by atoms with Crippen molar-refractivity contribution >= 4 is 17.5 Å². The molecule has 2 unspecified atom stereocenters. The molecule has 1 fully saturated rings. The summed E-state index contributed by atoms with van der Waals surface area (Å²) in [6.07, 6.45) is 0.568. The molecule has 0 spiro atoms. The molecule has 0 N–H and O–H groups in total. The maximum atomic E-state index is 11.9. The van der Waals surface area contributed by atoms with E-state index < -0.39 is 0 Å². The molecule has 1 aromatic carbocycles. The largest absolute Gasteiger partial charge is 0.491 e. The van der Waals surface area contributed by atoms with Crippen LogP contribution in [0.2, 0.25) is 0 Å². The van der Waals surface area contributed by atoms with Crippen LogP contribution in [0.5, 0.6) is 5.75 Å². The van der Waals surface area contributed by atoms with E-state index in [1.807, 2.05) is 43.0 Å². The number of halogens is 1. The number of likely N-dealkylation sites (tertiary alicyclic amines) is 1. The summed E-state index contributed by atoms with van der Waals surface area (Å²) in [7, 11) is 0. The minimum absolute atomic E-state index is 0.0836. The van der Waals surface area contributed by atoms with Gasteiger partial charge < -0.3 is 9.64 Å². The summed E-state index contributed by atoms with van der Waals surface area (Å²) >= 11 is 5.83. The van der Waals surface area contributed by atoms with Crippen LogP contribution in [0.4, 0.5) is 0 Å². The molecule has 0 aromatic heterocycles. The predicted octanol–water partition coefficient (Wildman–Crippen LogP) is 2.85. The van der Waals surface area contributed by atoms with Crippen molar-refractivity contribution in [3.8, 4) is 5.75 Å². The molecule has 0 bridgehead atoms. The highest BCUT2D eigenvalue weighted by Crippen LogP contribution is 2.22. The lowest BCUT2D eigenvalue weighted by Crippen LogP contribution is -2.38. The zero-order chi connectivity index (χ0) is 13.8. The van der Waals surface area contributed by atoms with Gasteiger partial charge in [0.05, 0.1) is 6.04 Å². The summed E-state index contributed by atoms with van der Waals surface area (Å²) in [6.45, 7) is 5.31. The summed E-state index contributed by atoms with van der Waals surface area (Å²) in [5.41, 5.74) is 1.11. The van der Waals surface area contributed by atoms with Crippen LogP contribution < -0.4 is 4.74 Å². The van der Waals surface area contributed by atoms with E-state index >= 15 is 0 Å². The number of rotatable bonds is 5. The van der Waals surface area contributed by atoms with Gasteiger partial charge in [-0.2, -0.15) is 0 Å². The van der Waals surface area contributed by atoms with Gasteiger partial charge in [-0.1, -0.05) is 18.2 Å². The molecule has 19 heavy (non-hydrogen) atoms. The van der Waals surface area contributed by atoms with E-state index in [0.717, 1.165) is 17.9 Å². The average Bonchev–Trinajstić information content (AvgIpc) is 2.79. The maximum absolute atomic E-state index is 11.9.